The van der Waals surface area contributed by atoms with Crippen molar-refractivity contribution in [3.8, 4) is 0 Å². The molecule has 1 heterocycles. The van der Waals surface area contributed by atoms with Crippen LogP contribution in [0.3, 0.4) is 0 Å². The third kappa shape index (κ3) is 2.15. The number of carbonyl (C=O) groups is 1. The van der Waals surface area contributed by atoms with Crippen molar-refractivity contribution < 1.29 is 9.53 Å². The topological polar surface area (TPSA) is 38.3 Å². The summed E-state index contributed by atoms with van der Waals surface area (Å²) in [4.78, 5) is 11.9. The van der Waals surface area contributed by atoms with Crippen molar-refractivity contribution in [2.45, 2.75) is 25.7 Å². The lowest BCUT2D eigenvalue weighted by atomic mass is 9.67. The lowest BCUT2D eigenvalue weighted by molar-refractivity contribution is 0.0595. The van der Waals surface area contributed by atoms with Gasteiger partial charge in [-0.05, 0) is 42.5 Å². The van der Waals surface area contributed by atoms with Gasteiger partial charge in [-0.1, -0.05) is 32.0 Å². The zero-order valence-electron chi connectivity index (χ0n) is 11.3. The minimum Gasteiger partial charge on any atom is -0.465 e. The van der Waals surface area contributed by atoms with Crippen molar-refractivity contribution in [2.75, 3.05) is 20.2 Å². The second kappa shape index (κ2) is 5.11. The molecule has 2 rings (SSSR count). The number of rotatable bonds is 2. The van der Waals surface area contributed by atoms with Crippen molar-refractivity contribution >= 4 is 5.97 Å². The molecule has 0 amide bonds. The third-order valence-electron chi connectivity index (χ3n) is 4.31. The standard InChI is InChI=1S/C15H21NO2/c1-11-10-16-9-8-15(11,2)13-7-5-4-6-12(13)14(17)18-3/h4-7,11,16H,8-10H2,1-3H3/t11?,15-/m0/s1. The quantitative estimate of drug-likeness (QED) is 0.815. The van der Waals surface area contributed by atoms with E-state index in [-0.39, 0.29) is 11.4 Å². The molecule has 18 heavy (non-hydrogen) atoms. The number of hydrogen-bond donors (Lipinski definition) is 1. The van der Waals surface area contributed by atoms with Crippen LogP contribution in [-0.2, 0) is 10.2 Å². The molecule has 1 unspecified atom stereocenters. The smallest absolute Gasteiger partial charge is 0.338 e. The van der Waals surface area contributed by atoms with E-state index >= 15 is 0 Å². The van der Waals surface area contributed by atoms with Crippen LogP contribution in [0.25, 0.3) is 0 Å². The molecule has 1 aliphatic rings. The summed E-state index contributed by atoms with van der Waals surface area (Å²) in [5, 5.41) is 3.41. The summed E-state index contributed by atoms with van der Waals surface area (Å²) in [6, 6.07) is 7.82. The first kappa shape index (κ1) is 13.1. The number of carbonyl (C=O) groups excluding carboxylic acids is 1. The Kier molecular flexibility index (Phi) is 3.71. The molecule has 1 aliphatic heterocycles. The highest BCUT2D eigenvalue weighted by Gasteiger charge is 2.37. The van der Waals surface area contributed by atoms with Crippen molar-refractivity contribution in [3.63, 3.8) is 0 Å². The van der Waals surface area contributed by atoms with Crippen LogP contribution in [0.4, 0.5) is 0 Å². The number of hydrogen-bond acceptors (Lipinski definition) is 3. The van der Waals surface area contributed by atoms with Crippen LogP contribution in [0.1, 0.15) is 36.2 Å². The first-order valence-corrected chi connectivity index (χ1v) is 6.48. The van der Waals surface area contributed by atoms with Crippen LogP contribution < -0.4 is 5.32 Å². The van der Waals surface area contributed by atoms with Crippen molar-refractivity contribution in [3.05, 3.63) is 35.4 Å². The summed E-state index contributed by atoms with van der Waals surface area (Å²) < 4.78 is 4.89. The average molecular weight is 247 g/mol. The molecule has 1 N–H and O–H groups in total. The molecule has 98 valence electrons. The molecule has 0 spiro atoms. The largest absolute Gasteiger partial charge is 0.465 e. The molecule has 1 aromatic carbocycles. The molecular formula is C15H21NO2. The summed E-state index contributed by atoms with van der Waals surface area (Å²) in [6.07, 6.45) is 1.04. The van der Waals surface area contributed by atoms with E-state index in [4.69, 9.17) is 4.74 Å². The minimum absolute atomic E-state index is 0.0377. The normalized spacial score (nSPS) is 27.8. The maximum Gasteiger partial charge on any atom is 0.338 e. The second-order valence-electron chi connectivity index (χ2n) is 5.31. The van der Waals surface area contributed by atoms with E-state index in [1.165, 1.54) is 7.11 Å². The number of nitrogens with one attached hydrogen (secondary N) is 1. The summed E-state index contributed by atoms with van der Waals surface area (Å²) >= 11 is 0. The molecule has 0 bridgehead atoms. The Morgan fingerprint density at radius 1 is 1.44 bits per heavy atom. The summed E-state index contributed by atoms with van der Waals surface area (Å²) in [5.74, 6) is 0.259. The highest BCUT2D eigenvalue weighted by molar-refractivity contribution is 5.91. The predicted octanol–water partition coefficient (Wildman–Crippen LogP) is 2.36. The van der Waals surface area contributed by atoms with Crippen LogP contribution in [-0.4, -0.2) is 26.2 Å². The Labute approximate surface area is 109 Å². The van der Waals surface area contributed by atoms with Crippen LogP contribution in [0, 0.1) is 5.92 Å². The number of benzene rings is 1. The van der Waals surface area contributed by atoms with Gasteiger partial charge in [-0.3, -0.25) is 0 Å². The highest BCUT2D eigenvalue weighted by Crippen LogP contribution is 2.38. The Balaban J connectivity index is 2.46. The Bertz CT molecular complexity index is 444. The molecule has 1 aromatic rings. The Morgan fingerprint density at radius 2 is 2.17 bits per heavy atom. The molecular weight excluding hydrogens is 226 g/mol. The van der Waals surface area contributed by atoms with Gasteiger partial charge in [0.25, 0.3) is 0 Å². The second-order valence-corrected chi connectivity index (χ2v) is 5.31. The van der Waals surface area contributed by atoms with E-state index < -0.39 is 0 Å². The van der Waals surface area contributed by atoms with Gasteiger partial charge in [0.05, 0.1) is 12.7 Å². The molecule has 3 heteroatoms. The average Bonchev–Trinajstić information content (AvgIpc) is 2.41. The van der Waals surface area contributed by atoms with Crippen LogP contribution in [0.5, 0.6) is 0 Å². The highest BCUT2D eigenvalue weighted by atomic mass is 16.5. The third-order valence-corrected chi connectivity index (χ3v) is 4.31. The number of piperidine rings is 1. The Hall–Kier alpha value is -1.35. The first-order chi connectivity index (χ1) is 8.59. The molecule has 0 aromatic heterocycles. The monoisotopic (exact) mass is 247 g/mol. The molecule has 0 aliphatic carbocycles. The van der Waals surface area contributed by atoms with Crippen LogP contribution in [0.15, 0.2) is 24.3 Å². The summed E-state index contributed by atoms with van der Waals surface area (Å²) in [5.41, 5.74) is 1.86. The lowest BCUT2D eigenvalue weighted by Gasteiger charge is -2.41. The van der Waals surface area contributed by atoms with Gasteiger partial charge in [0, 0.05) is 0 Å². The van der Waals surface area contributed by atoms with Crippen molar-refractivity contribution in [1.82, 2.24) is 5.32 Å². The zero-order valence-corrected chi connectivity index (χ0v) is 11.3. The summed E-state index contributed by atoms with van der Waals surface area (Å²) in [7, 11) is 1.44. The maximum absolute atomic E-state index is 11.9. The van der Waals surface area contributed by atoms with E-state index in [9.17, 15) is 4.79 Å². The van der Waals surface area contributed by atoms with Gasteiger partial charge in [0.1, 0.15) is 0 Å². The molecule has 0 radical (unpaired) electrons. The number of methoxy groups -OCH3 is 1. The Morgan fingerprint density at radius 3 is 2.83 bits per heavy atom. The lowest BCUT2D eigenvalue weighted by Crippen LogP contribution is -2.45. The van der Waals surface area contributed by atoms with Crippen molar-refractivity contribution in [1.29, 1.82) is 0 Å². The molecule has 3 nitrogen and oxygen atoms in total. The summed E-state index contributed by atoms with van der Waals surface area (Å²) in [6.45, 7) is 6.48. The van der Waals surface area contributed by atoms with Gasteiger partial charge < -0.3 is 10.1 Å². The van der Waals surface area contributed by atoms with Gasteiger partial charge in [-0.15, -0.1) is 0 Å². The molecule has 1 saturated heterocycles. The molecule has 0 saturated carbocycles. The van der Waals surface area contributed by atoms with E-state index in [0.717, 1.165) is 25.1 Å². The maximum atomic E-state index is 11.9. The number of ether oxygens (including phenoxy) is 1. The van der Waals surface area contributed by atoms with Gasteiger partial charge in [0.2, 0.25) is 0 Å². The predicted molar refractivity (Wildman–Crippen MR) is 71.8 cm³/mol. The van der Waals surface area contributed by atoms with E-state index in [1.54, 1.807) is 0 Å². The number of esters is 1. The fraction of sp³-hybridized carbons (Fsp3) is 0.533. The van der Waals surface area contributed by atoms with Gasteiger partial charge in [0.15, 0.2) is 0 Å². The van der Waals surface area contributed by atoms with Gasteiger partial charge >= 0.3 is 5.97 Å². The van der Waals surface area contributed by atoms with E-state index in [0.29, 0.717) is 11.5 Å². The minimum atomic E-state index is -0.238. The van der Waals surface area contributed by atoms with Gasteiger partial charge in [-0.25, -0.2) is 4.79 Å². The first-order valence-electron chi connectivity index (χ1n) is 6.48. The van der Waals surface area contributed by atoms with Crippen LogP contribution >= 0.6 is 0 Å². The van der Waals surface area contributed by atoms with Crippen molar-refractivity contribution in [2.24, 2.45) is 5.92 Å². The van der Waals surface area contributed by atoms with E-state index in [1.807, 2.05) is 18.2 Å². The molecule has 1 fully saturated rings. The zero-order chi connectivity index (χ0) is 13.2. The van der Waals surface area contributed by atoms with Crippen LogP contribution in [0.2, 0.25) is 0 Å². The molecule has 2 atom stereocenters. The fourth-order valence-corrected chi connectivity index (χ4v) is 2.81. The SMILES string of the molecule is COC(=O)c1ccccc1[C@@]1(C)CCNCC1C. The fourth-order valence-electron chi connectivity index (χ4n) is 2.81. The van der Waals surface area contributed by atoms with E-state index in [2.05, 4.69) is 25.2 Å². The van der Waals surface area contributed by atoms with Gasteiger partial charge in [-0.2, -0.15) is 0 Å².